The SMILES string of the molecule is Cl.NCc1ccccc1-c1cc(F)ccc1-c1sc(-c2cn[nH]c2)nc1C(N)=O. The molecule has 29 heavy (non-hydrogen) atoms. The fraction of sp³-hybridized carbons (Fsp3) is 0.0500. The van der Waals surface area contributed by atoms with Gasteiger partial charge in [0.25, 0.3) is 5.91 Å². The highest BCUT2D eigenvalue weighted by Crippen LogP contribution is 2.41. The zero-order chi connectivity index (χ0) is 19.7. The van der Waals surface area contributed by atoms with Gasteiger partial charge in [0.1, 0.15) is 16.5 Å². The van der Waals surface area contributed by atoms with E-state index in [0.717, 1.165) is 16.7 Å². The van der Waals surface area contributed by atoms with Crippen LogP contribution < -0.4 is 11.5 Å². The molecule has 0 aliphatic carbocycles. The Morgan fingerprint density at radius 3 is 2.62 bits per heavy atom. The second kappa shape index (κ2) is 8.52. The zero-order valence-corrected chi connectivity index (χ0v) is 16.7. The third-order valence-corrected chi connectivity index (χ3v) is 5.50. The van der Waals surface area contributed by atoms with E-state index in [-0.39, 0.29) is 23.9 Å². The van der Waals surface area contributed by atoms with Gasteiger partial charge in [0.2, 0.25) is 0 Å². The summed E-state index contributed by atoms with van der Waals surface area (Å²) in [5, 5.41) is 7.24. The van der Waals surface area contributed by atoms with Crippen molar-refractivity contribution in [1.29, 1.82) is 0 Å². The van der Waals surface area contributed by atoms with Crippen molar-refractivity contribution in [2.45, 2.75) is 6.54 Å². The van der Waals surface area contributed by atoms with E-state index >= 15 is 0 Å². The molecule has 2 aromatic heterocycles. The Hall–Kier alpha value is -3.07. The molecule has 6 nitrogen and oxygen atoms in total. The van der Waals surface area contributed by atoms with E-state index < -0.39 is 5.91 Å². The number of hydrogen-bond donors (Lipinski definition) is 3. The van der Waals surface area contributed by atoms with E-state index in [4.69, 9.17) is 11.5 Å². The van der Waals surface area contributed by atoms with Gasteiger partial charge in [-0.2, -0.15) is 5.10 Å². The molecule has 0 unspecified atom stereocenters. The van der Waals surface area contributed by atoms with Crippen molar-refractivity contribution in [3.63, 3.8) is 0 Å². The molecule has 0 radical (unpaired) electrons. The number of H-pyrrole nitrogens is 1. The molecule has 0 aliphatic heterocycles. The normalized spacial score (nSPS) is 10.6. The highest BCUT2D eigenvalue weighted by Gasteiger charge is 2.22. The number of aromatic amines is 1. The van der Waals surface area contributed by atoms with Gasteiger partial charge in [0, 0.05) is 23.9 Å². The number of hydrogen-bond acceptors (Lipinski definition) is 5. The maximum absolute atomic E-state index is 14.1. The standard InChI is InChI=1S/C20H16FN5OS.ClH/c21-13-5-6-15(16(7-13)14-4-2-1-3-11(14)8-22)18-17(19(23)27)26-20(28-18)12-9-24-25-10-12;/h1-7,9-10H,8,22H2,(H2,23,27)(H,24,25);1H. The van der Waals surface area contributed by atoms with E-state index in [1.54, 1.807) is 18.5 Å². The minimum atomic E-state index is -0.650. The lowest BCUT2D eigenvalue weighted by Gasteiger charge is -2.13. The average Bonchev–Trinajstić information content (AvgIpc) is 3.37. The van der Waals surface area contributed by atoms with Gasteiger partial charge in [-0.15, -0.1) is 23.7 Å². The van der Waals surface area contributed by atoms with Crippen molar-refractivity contribution in [2.75, 3.05) is 0 Å². The molecule has 0 fully saturated rings. The number of nitrogens with two attached hydrogens (primary N) is 2. The first-order valence-corrected chi connectivity index (χ1v) is 9.28. The Balaban J connectivity index is 0.00000240. The highest BCUT2D eigenvalue weighted by atomic mass is 35.5. The molecular weight excluding hydrogens is 413 g/mol. The summed E-state index contributed by atoms with van der Waals surface area (Å²) in [6.45, 7) is 0.303. The fourth-order valence-corrected chi connectivity index (χ4v) is 4.15. The second-order valence-corrected chi connectivity index (χ2v) is 7.10. The van der Waals surface area contributed by atoms with Crippen LogP contribution in [-0.4, -0.2) is 21.1 Å². The molecular formula is C20H17ClFN5OS. The maximum atomic E-state index is 14.1. The largest absolute Gasteiger partial charge is 0.364 e. The molecule has 2 heterocycles. The van der Waals surface area contributed by atoms with Crippen LogP contribution in [0.5, 0.6) is 0 Å². The molecule has 148 valence electrons. The Kier molecular flexibility index (Phi) is 6.07. The maximum Gasteiger partial charge on any atom is 0.268 e. The van der Waals surface area contributed by atoms with Gasteiger partial charge in [0.05, 0.1) is 11.1 Å². The summed E-state index contributed by atoms with van der Waals surface area (Å²) in [7, 11) is 0. The number of nitrogens with zero attached hydrogens (tertiary/aromatic N) is 2. The molecule has 2 aromatic carbocycles. The Morgan fingerprint density at radius 2 is 1.93 bits per heavy atom. The highest BCUT2D eigenvalue weighted by molar-refractivity contribution is 7.18. The molecule has 4 aromatic rings. The van der Waals surface area contributed by atoms with Crippen LogP contribution in [0, 0.1) is 5.82 Å². The topological polar surface area (TPSA) is 111 Å². The number of carbonyl (C=O) groups excluding carboxylic acids is 1. The van der Waals surface area contributed by atoms with Gasteiger partial charge in [-0.05, 0) is 34.9 Å². The van der Waals surface area contributed by atoms with Crippen LogP contribution in [0.15, 0.2) is 54.9 Å². The van der Waals surface area contributed by atoms with Crippen molar-refractivity contribution in [2.24, 2.45) is 11.5 Å². The molecule has 1 amide bonds. The second-order valence-electron chi connectivity index (χ2n) is 6.10. The summed E-state index contributed by atoms with van der Waals surface area (Å²) in [5.74, 6) is -1.03. The van der Waals surface area contributed by atoms with Crippen LogP contribution >= 0.6 is 23.7 Å². The lowest BCUT2D eigenvalue weighted by atomic mass is 9.94. The van der Waals surface area contributed by atoms with Crippen molar-refractivity contribution in [1.82, 2.24) is 15.2 Å². The molecule has 0 saturated carbocycles. The van der Waals surface area contributed by atoms with Crippen molar-refractivity contribution in [3.05, 3.63) is 71.9 Å². The first-order valence-electron chi connectivity index (χ1n) is 8.46. The van der Waals surface area contributed by atoms with Gasteiger partial charge in [-0.25, -0.2) is 9.37 Å². The number of nitrogens with one attached hydrogen (secondary N) is 1. The van der Waals surface area contributed by atoms with E-state index in [1.807, 2.05) is 24.3 Å². The number of primary amides is 1. The minimum absolute atomic E-state index is 0. The molecule has 9 heteroatoms. The van der Waals surface area contributed by atoms with Gasteiger partial charge in [0.15, 0.2) is 0 Å². The van der Waals surface area contributed by atoms with Crippen molar-refractivity contribution >= 4 is 29.7 Å². The van der Waals surface area contributed by atoms with Gasteiger partial charge < -0.3 is 11.5 Å². The number of carbonyl (C=O) groups is 1. The van der Waals surface area contributed by atoms with Crippen LogP contribution in [0.4, 0.5) is 4.39 Å². The number of rotatable bonds is 5. The third kappa shape index (κ3) is 3.91. The lowest BCUT2D eigenvalue weighted by molar-refractivity contribution is 0.0997. The first kappa shape index (κ1) is 20.7. The summed E-state index contributed by atoms with van der Waals surface area (Å²) in [6, 6.07) is 11.9. The monoisotopic (exact) mass is 429 g/mol. The molecule has 0 atom stereocenters. The van der Waals surface area contributed by atoms with Gasteiger partial charge in [-0.3, -0.25) is 9.89 Å². The number of thiazole rings is 1. The quantitative estimate of drug-likeness (QED) is 0.445. The Morgan fingerprint density at radius 1 is 1.14 bits per heavy atom. The Labute approximate surface area is 176 Å². The lowest BCUT2D eigenvalue weighted by Crippen LogP contribution is -2.12. The predicted octanol–water partition coefficient (Wildman–Crippen LogP) is 3.99. The molecule has 4 rings (SSSR count). The summed E-state index contributed by atoms with van der Waals surface area (Å²) in [6.07, 6.45) is 3.30. The molecule has 0 spiro atoms. The van der Waals surface area contributed by atoms with Crippen LogP contribution in [0.25, 0.3) is 32.1 Å². The van der Waals surface area contributed by atoms with E-state index in [1.165, 1.54) is 23.5 Å². The number of amides is 1. The molecule has 0 aliphatic rings. The zero-order valence-electron chi connectivity index (χ0n) is 15.1. The minimum Gasteiger partial charge on any atom is -0.364 e. The van der Waals surface area contributed by atoms with Crippen molar-refractivity contribution < 1.29 is 9.18 Å². The van der Waals surface area contributed by atoms with Gasteiger partial charge >= 0.3 is 0 Å². The van der Waals surface area contributed by atoms with Crippen LogP contribution in [0.1, 0.15) is 16.1 Å². The van der Waals surface area contributed by atoms with E-state index in [9.17, 15) is 9.18 Å². The summed E-state index contributed by atoms with van der Waals surface area (Å²) >= 11 is 1.30. The van der Waals surface area contributed by atoms with E-state index in [2.05, 4.69) is 15.2 Å². The van der Waals surface area contributed by atoms with Crippen LogP contribution in [0.2, 0.25) is 0 Å². The summed E-state index contributed by atoms with van der Waals surface area (Å²) < 4.78 is 14.1. The Bertz CT molecular complexity index is 1160. The predicted molar refractivity (Wildman–Crippen MR) is 114 cm³/mol. The molecule has 0 saturated heterocycles. The number of aromatic nitrogens is 3. The summed E-state index contributed by atoms with van der Waals surface area (Å²) in [4.78, 5) is 17.0. The van der Waals surface area contributed by atoms with Crippen LogP contribution in [-0.2, 0) is 6.54 Å². The van der Waals surface area contributed by atoms with Gasteiger partial charge in [-0.1, -0.05) is 24.3 Å². The molecule has 0 bridgehead atoms. The molecule has 5 N–H and O–H groups in total. The van der Waals surface area contributed by atoms with E-state index in [0.29, 0.717) is 27.6 Å². The number of halogens is 2. The fourth-order valence-electron chi connectivity index (χ4n) is 3.06. The van der Waals surface area contributed by atoms with Crippen molar-refractivity contribution in [3.8, 4) is 32.1 Å². The smallest absolute Gasteiger partial charge is 0.268 e. The number of benzene rings is 2. The van der Waals surface area contributed by atoms with Crippen LogP contribution in [0.3, 0.4) is 0 Å². The third-order valence-electron chi connectivity index (χ3n) is 4.36. The summed E-state index contributed by atoms with van der Waals surface area (Å²) in [5.41, 5.74) is 15.3. The first-order chi connectivity index (χ1) is 13.6. The average molecular weight is 430 g/mol.